The minimum Gasteiger partial charge on any atom is -0.364 e. The van der Waals surface area contributed by atoms with Gasteiger partial charge in [-0.3, -0.25) is 9.59 Å². The highest BCUT2D eigenvalue weighted by Crippen LogP contribution is 2.12. The first-order valence-corrected chi connectivity index (χ1v) is 6.57. The van der Waals surface area contributed by atoms with Crippen molar-refractivity contribution < 1.29 is 19.8 Å². The molecule has 0 saturated carbocycles. The Bertz CT molecular complexity index is 471. The van der Waals surface area contributed by atoms with Crippen LogP contribution in [0, 0.1) is 0 Å². The van der Waals surface area contributed by atoms with Gasteiger partial charge in [-0.1, -0.05) is 30.3 Å². The smallest absolute Gasteiger partial charge is 0.239 e. The summed E-state index contributed by atoms with van der Waals surface area (Å²) in [5, 5.41) is 24.3. The van der Waals surface area contributed by atoms with Gasteiger partial charge in [0.15, 0.2) is 5.79 Å². The van der Waals surface area contributed by atoms with E-state index >= 15 is 0 Å². The Morgan fingerprint density at radius 3 is 2.38 bits per heavy atom. The van der Waals surface area contributed by atoms with Crippen LogP contribution in [-0.2, 0) is 16.0 Å². The Hall–Kier alpha value is -1.96. The van der Waals surface area contributed by atoms with Crippen LogP contribution in [0.1, 0.15) is 12.5 Å². The third-order valence-electron chi connectivity index (χ3n) is 2.91. The van der Waals surface area contributed by atoms with Crippen LogP contribution in [0.5, 0.6) is 0 Å². The zero-order valence-electron chi connectivity index (χ0n) is 11.9. The fourth-order valence-corrected chi connectivity index (χ4v) is 1.73. The molecule has 0 radical (unpaired) electrons. The summed E-state index contributed by atoms with van der Waals surface area (Å²) in [6.45, 7) is 0.717. The molecule has 6 N–H and O–H groups in total. The summed E-state index contributed by atoms with van der Waals surface area (Å²) >= 11 is 0. The Morgan fingerprint density at radius 1 is 1.24 bits per heavy atom. The Balaban J connectivity index is 2.63. The number of carbonyl (C=O) groups is 2. The van der Waals surface area contributed by atoms with E-state index in [4.69, 9.17) is 5.73 Å². The minimum absolute atomic E-state index is 0.210. The molecule has 21 heavy (non-hydrogen) atoms. The van der Waals surface area contributed by atoms with Gasteiger partial charge in [0.2, 0.25) is 11.8 Å². The van der Waals surface area contributed by atoms with E-state index in [-0.39, 0.29) is 19.5 Å². The fraction of sp³-hybridized carbons (Fsp3) is 0.429. The van der Waals surface area contributed by atoms with E-state index in [0.717, 1.165) is 5.56 Å². The van der Waals surface area contributed by atoms with Crippen molar-refractivity contribution in [2.75, 3.05) is 13.1 Å². The first-order chi connectivity index (χ1) is 9.82. The third kappa shape index (κ3) is 6.35. The predicted molar refractivity (Wildman–Crippen MR) is 77.0 cm³/mol. The second-order valence-corrected chi connectivity index (χ2v) is 4.88. The summed E-state index contributed by atoms with van der Waals surface area (Å²) in [5.74, 6) is -3.06. The number of hydrogen-bond donors (Lipinski definition) is 5. The van der Waals surface area contributed by atoms with E-state index in [1.54, 1.807) is 0 Å². The third-order valence-corrected chi connectivity index (χ3v) is 2.91. The average molecular weight is 295 g/mol. The zero-order chi connectivity index (χ0) is 15.9. The molecule has 0 aromatic heterocycles. The van der Waals surface area contributed by atoms with Gasteiger partial charge in [-0.2, -0.15) is 0 Å². The molecule has 0 aliphatic heterocycles. The highest BCUT2D eigenvalue weighted by atomic mass is 16.5. The number of aliphatic hydroxyl groups is 2. The van der Waals surface area contributed by atoms with Gasteiger partial charge in [0.25, 0.3) is 0 Å². The molecule has 1 atom stereocenters. The molecule has 116 valence electrons. The minimum atomic E-state index is -2.08. The lowest BCUT2D eigenvalue weighted by molar-refractivity contribution is -0.171. The lowest BCUT2D eigenvalue weighted by Crippen LogP contribution is -2.54. The van der Waals surface area contributed by atoms with Crippen molar-refractivity contribution in [1.29, 1.82) is 0 Å². The van der Waals surface area contributed by atoms with Gasteiger partial charge in [-0.25, -0.2) is 0 Å². The maximum Gasteiger partial charge on any atom is 0.239 e. The maximum absolute atomic E-state index is 11.7. The molecule has 2 amide bonds. The number of rotatable bonds is 7. The van der Waals surface area contributed by atoms with Crippen LogP contribution in [-0.4, -0.2) is 46.9 Å². The van der Waals surface area contributed by atoms with Crippen molar-refractivity contribution >= 4 is 11.8 Å². The number of carbonyl (C=O) groups excluding carboxylic acids is 2. The van der Waals surface area contributed by atoms with Gasteiger partial charge in [-0.15, -0.1) is 0 Å². The Morgan fingerprint density at radius 2 is 1.86 bits per heavy atom. The highest BCUT2D eigenvalue weighted by Gasteiger charge is 2.30. The molecule has 0 saturated heterocycles. The highest BCUT2D eigenvalue weighted by molar-refractivity contribution is 5.85. The molecule has 1 aromatic rings. The molecule has 1 aromatic carbocycles. The molecule has 0 unspecified atom stereocenters. The quantitative estimate of drug-likeness (QED) is 0.391. The summed E-state index contributed by atoms with van der Waals surface area (Å²) in [4.78, 5) is 22.7. The van der Waals surface area contributed by atoms with Gasteiger partial charge in [0.05, 0.1) is 19.1 Å². The number of nitrogens with one attached hydrogen (secondary N) is 2. The van der Waals surface area contributed by atoms with Crippen molar-refractivity contribution in [2.45, 2.75) is 25.2 Å². The van der Waals surface area contributed by atoms with Gasteiger partial charge in [-0.05, 0) is 18.9 Å². The van der Waals surface area contributed by atoms with Crippen molar-refractivity contribution in [3.63, 3.8) is 0 Å². The second-order valence-electron chi connectivity index (χ2n) is 4.88. The average Bonchev–Trinajstić information content (AvgIpc) is 2.44. The van der Waals surface area contributed by atoms with E-state index in [1.807, 2.05) is 30.3 Å². The van der Waals surface area contributed by atoms with Crippen LogP contribution in [0.2, 0.25) is 0 Å². The normalized spacial score (nSPS) is 12.6. The molecular formula is C14H21N3O4. The molecule has 0 aliphatic carbocycles. The molecule has 1 rings (SSSR count). The van der Waals surface area contributed by atoms with E-state index in [9.17, 15) is 19.8 Å². The molecule has 7 heteroatoms. The summed E-state index contributed by atoms with van der Waals surface area (Å²) in [6, 6.07) is 8.23. The summed E-state index contributed by atoms with van der Waals surface area (Å²) in [7, 11) is 0. The second kappa shape index (κ2) is 7.72. The van der Waals surface area contributed by atoms with Crippen molar-refractivity contribution in [2.24, 2.45) is 5.73 Å². The zero-order valence-corrected chi connectivity index (χ0v) is 11.9. The maximum atomic E-state index is 11.7. The van der Waals surface area contributed by atoms with Crippen molar-refractivity contribution in [1.82, 2.24) is 10.6 Å². The van der Waals surface area contributed by atoms with Crippen LogP contribution in [0.25, 0.3) is 0 Å². The van der Waals surface area contributed by atoms with Crippen LogP contribution < -0.4 is 16.4 Å². The Kier molecular flexibility index (Phi) is 6.29. The summed E-state index contributed by atoms with van der Waals surface area (Å²) < 4.78 is 0. The number of benzene rings is 1. The topological polar surface area (TPSA) is 125 Å². The van der Waals surface area contributed by atoms with Gasteiger partial charge < -0.3 is 26.6 Å². The molecule has 0 spiro atoms. The number of nitrogens with two attached hydrogens (primary N) is 1. The lowest BCUT2D eigenvalue weighted by Gasteiger charge is -2.29. The number of amides is 2. The SMILES string of the molecule is CC(O)(O)[C@H](Cc1ccccc1)NC(=O)CNC(=O)CN. The van der Waals surface area contributed by atoms with E-state index < -0.39 is 23.6 Å². The van der Waals surface area contributed by atoms with Crippen molar-refractivity contribution in [3.05, 3.63) is 35.9 Å². The molecule has 7 nitrogen and oxygen atoms in total. The van der Waals surface area contributed by atoms with Gasteiger partial charge in [0, 0.05) is 0 Å². The Labute approximate surface area is 123 Å². The fourth-order valence-electron chi connectivity index (χ4n) is 1.73. The first kappa shape index (κ1) is 17.1. The van der Waals surface area contributed by atoms with Crippen LogP contribution in [0.15, 0.2) is 30.3 Å². The molecule has 0 fully saturated rings. The molecular weight excluding hydrogens is 274 g/mol. The largest absolute Gasteiger partial charge is 0.364 e. The van der Waals surface area contributed by atoms with Crippen LogP contribution >= 0.6 is 0 Å². The molecule has 0 heterocycles. The van der Waals surface area contributed by atoms with E-state index in [1.165, 1.54) is 6.92 Å². The van der Waals surface area contributed by atoms with E-state index in [0.29, 0.717) is 0 Å². The van der Waals surface area contributed by atoms with Crippen molar-refractivity contribution in [3.8, 4) is 0 Å². The summed E-state index contributed by atoms with van der Waals surface area (Å²) in [5.41, 5.74) is 5.96. The first-order valence-electron chi connectivity index (χ1n) is 6.57. The lowest BCUT2D eigenvalue weighted by atomic mass is 9.99. The van der Waals surface area contributed by atoms with Crippen LogP contribution in [0.4, 0.5) is 0 Å². The standard InChI is InChI=1S/C14H21N3O4/c1-14(20,21)11(7-10-5-3-2-4-6-10)17-13(19)9-16-12(18)8-15/h2-6,11,20-21H,7-9,15H2,1H3,(H,16,18)(H,17,19)/t11-/m0/s1. The van der Waals surface area contributed by atoms with Gasteiger partial charge >= 0.3 is 0 Å². The van der Waals surface area contributed by atoms with Crippen LogP contribution in [0.3, 0.4) is 0 Å². The number of hydrogen-bond acceptors (Lipinski definition) is 5. The predicted octanol–water partition coefficient (Wildman–Crippen LogP) is -1.51. The van der Waals surface area contributed by atoms with E-state index in [2.05, 4.69) is 10.6 Å². The monoisotopic (exact) mass is 295 g/mol. The van der Waals surface area contributed by atoms with Gasteiger partial charge in [0.1, 0.15) is 0 Å². The molecule has 0 aliphatic rings. The molecule has 0 bridgehead atoms. The summed E-state index contributed by atoms with van der Waals surface area (Å²) in [6.07, 6.45) is 0.251.